The molecule has 2 heterocycles. The number of aromatic nitrogens is 1. The first kappa shape index (κ1) is 13.3. The maximum Gasteiger partial charge on any atom is 0.144 e. The molecular formula is C28H19NO. The normalized spacial score (nSPS) is 13.9. The van der Waals surface area contributed by atoms with Gasteiger partial charge in [0.2, 0.25) is 0 Å². The number of fused-ring (bicyclic) bond motifs is 4. The maximum atomic E-state index is 8.64. The van der Waals surface area contributed by atoms with Gasteiger partial charge in [-0.15, -0.1) is 0 Å². The van der Waals surface area contributed by atoms with Crippen molar-refractivity contribution < 1.29 is 9.90 Å². The van der Waals surface area contributed by atoms with Crippen LogP contribution in [0, 0.1) is 6.85 Å². The second-order valence-corrected chi connectivity index (χ2v) is 7.39. The Morgan fingerprint density at radius 2 is 1.57 bits per heavy atom. The Balaban J connectivity index is 1.62. The highest BCUT2D eigenvalue weighted by Gasteiger charge is 2.14. The molecule has 0 saturated carbocycles. The van der Waals surface area contributed by atoms with Gasteiger partial charge in [0.15, 0.2) is 0 Å². The second-order valence-electron chi connectivity index (χ2n) is 7.39. The van der Waals surface area contributed by atoms with E-state index >= 15 is 0 Å². The first-order valence-corrected chi connectivity index (χ1v) is 9.82. The van der Waals surface area contributed by atoms with Gasteiger partial charge in [-0.05, 0) is 53.0 Å². The van der Waals surface area contributed by atoms with Crippen LogP contribution in [0.5, 0.6) is 0 Å². The van der Waals surface area contributed by atoms with Crippen LogP contribution in [0.2, 0.25) is 0 Å². The molecular weight excluding hydrogens is 366 g/mol. The summed E-state index contributed by atoms with van der Waals surface area (Å²) in [5.41, 5.74) is 3.54. The van der Waals surface area contributed by atoms with E-state index in [1.807, 2.05) is 60.7 Å². The fraction of sp³-hybridized carbons (Fsp3) is 0.0357. The molecule has 0 saturated heterocycles. The summed E-state index contributed by atoms with van der Waals surface area (Å²) >= 11 is 0. The Hall–Kier alpha value is -3.91. The molecule has 0 atom stereocenters. The van der Waals surface area contributed by atoms with Gasteiger partial charge >= 0.3 is 0 Å². The topological polar surface area (TPSA) is 26.0 Å². The molecule has 0 aliphatic rings. The quantitative estimate of drug-likeness (QED) is 0.302. The first-order chi connectivity index (χ1) is 16.4. The van der Waals surface area contributed by atoms with Crippen LogP contribution in [0.15, 0.2) is 102 Å². The molecule has 2 aromatic heterocycles. The fourth-order valence-electron chi connectivity index (χ4n) is 4.07. The number of furan rings is 1. The summed E-state index contributed by atoms with van der Waals surface area (Å²) in [7, 11) is 0. The van der Waals surface area contributed by atoms with Crippen LogP contribution >= 0.6 is 0 Å². The van der Waals surface area contributed by atoms with E-state index in [1.54, 1.807) is 18.2 Å². The number of benzene rings is 4. The van der Waals surface area contributed by atoms with Gasteiger partial charge in [0.25, 0.3) is 0 Å². The minimum Gasteiger partial charge on any atom is -0.455 e. The number of hydrogen-bond donors (Lipinski definition) is 0. The number of para-hydroxylation sites is 1. The summed E-state index contributed by atoms with van der Waals surface area (Å²) < 4.78 is 39.4. The van der Waals surface area contributed by atoms with E-state index in [4.69, 9.17) is 9.90 Å². The van der Waals surface area contributed by atoms with Gasteiger partial charge in [-0.3, -0.25) is 4.98 Å². The van der Waals surface area contributed by atoms with E-state index in [1.165, 1.54) is 0 Å². The van der Waals surface area contributed by atoms with Crippen molar-refractivity contribution in [3.63, 3.8) is 0 Å². The molecule has 0 aliphatic carbocycles. The number of nitrogens with zero attached hydrogens (tertiary/aromatic N) is 1. The molecule has 0 spiro atoms. The summed E-state index contributed by atoms with van der Waals surface area (Å²) in [5, 5.41) is 4.11. The van der Waals surface area contributed by atoms with Crippen LogP contribution < -0.4 is 0 Å². The largest absolute Gasteiger partial charge is 0.455 e. The lowest BCUT2D eigenvalue weighted by molar-refractivity contribution is 0.670. The smallest absolute Gasteiger partial charge is 0.144 e. The van der Waals surface area contributed by atoms with Crippen LogP contribution in [0.1, 0.15) is 11.0 Å². The van der Waals surface area contributed by atoms with Gasteiger partial charge in [0, 0.05) is 32.2 Å². The Morgan fingerprint density at radius 3 is 2.40 bits per heavy atom. The van der Waals surface area contributed by atoms with E-state index in [-0.39, 0.29) is 11.7 Å². The SMILES string of the molecule is [2H]c1nc(-c2cccc3c2oc2cc4ccccc4cc23)cc(C([2H])([2H])[2H])c1-c1ccccc1. The third-order valence-electron chi connectivity index (χ3n) is 5.54. The number of rotatable bonds is 2. The number of hydrogen-bond acceptors (Lipinski definition) is 2. The maximum absolute atomic E-state index is 8.64. The molecule has 0 radical (unpaired) electrons. The lowest BCUT2D eigenvalue weighted by Gasteiger charge is -2.08. The van der Waals surface area contributed by atoms with E-state index in [2.05, 4.69) is 17.1 Å². The van der Waals surface area contributed by atoms with Crippen molar-refractivity contribution in [1.82, 2.24) is 4.98 Å². The zero-order chi connectivity index (χ0) is 23.4. The van der Waals surface area contributed by atoms with Crippen LogP contribution in [-0.2, 0) is 0 Å². The summed E-state index contributed by atoms with van der Waals surface area (Å²) in [6, 6.07) is 28.7. The van der Waals surface area contributed by atoms with Crippen LogP contribution in [0.25, 0.3) is 55.1 Å². The molecule has 0 unspecified atom stereocenters. The van der Waals surface area contributed by atoms with E-state index in [0.29, 0.717) is 28.0 Å². The number of pyridine rings is 1. The minimum atomic E-state index is -2.40. The average molecular weight is 389 g/mol. The predicted octanol–water partition coefficient (Wildman–Crippen LogP) is 7.78. The van der Waals surface area contributed by atoms with Crippen molar-refractivity contribution >= 4 is 32.7 Å². The molecule has 30 heavy (non-hydrogen) atoms. The highest BCUT2D eigenvalue weighted by Crippen LogP contribution is 2.37. The Morgan fingerprint density at radius 1 is 0.767 bits per heavy atom. The molecule has 2 heteroatoms. The lowest BCUT2D eigenvalue weighted by Crippen LogP contribution is -1.90. The summed E-state index contributed by atoms with van der Waals surface area (Å²) in [5.74, 6) is 0. The van der Waals surface area contributed by atoms with E-state index in [0.717, 1.165) is 27.1 Å². The van der Waals surface area contributed by atoms with Crippen molar-refractivity contribution in [2.75, 3.05) is 0 Å². The molecule has 0 bridgehead atoms. The summed E-state index contributed by atoms with van der Waals surface area (Å²) in [6.07, 6.45) is -0.0753. The fourth-order valence-corrected chi connectivity index (χ4v) is 4.07. The van der Waals surface area contributed by atoms with Gasteiger partial charge in [-0.25, -0.2) is 0 Å². The molecule has 0 N–H and O–H groups in total. The van der Waals surface area contributed by atoms with E-state index in [9.17, 15) is 0 Å². The van der Waals surface area contributed by atoms with Crippen molar-refractivity contribution in [2.45, 2.75) is 6.85 Å². The van der Waals surface area contributed by atoms with Gasteiger partial charge in [-0.2, -0.15) is 0 Å². The Bertz CT molecular complexity index is 1700. The highest BCUT2D eigenvalue weighted by atomic mass is 16.3. The van der Waals surface area contributed by atoms with Gasteiger partial charge < -0.3 is 4.42 Å². The molecule has 2 nitrogen and oxygen atoms in total. The molecule has 6 rings (SSSR count). The monoisotopic (exact) mass is 389 g/mol. The zero-order valence-electron chi connectivity index (χ0n) is 20.0. The van der Waals surface area contributed by atoms with Crippen molar-refractivity contribution in [2.24, 2.45) is 0 Å². The van der Waals surface area contributed by atoms with Gasteiger partial charge in [-0.1, -0.05) is 66.7 Å². The third kappa shape index (κ3) is 2.61. The van der Waals surface area contributed by atoms with Crippen molar-refractivity contribution in [3.05, 3.63) is 103 Å². The molecule has 0 amide bonds. The third-order valence-corrected chi connectivity index (χ3v) is 5.54. The first-order valence-electron chi connectivity index (χ1n) is 11.8. The van der Waals surface area contributed by atoms with E-state index < -0.39 is 6.85 Å². The molecule has 142 valence electrons. The minimum absolute atomic E-state index is 0.0753. The predicted molar refractivity (Wildman–Crippen MR) is 125 cm³/mol. The van der Waals surface area contributed by atoms with Gasteiger partial charge in [0.1, 0.15) is 11.2 Å². The molecule has 0 fully saturated rings. The van der Waals surface area contributed by atoms with Crippen molar-refractivity contribution in [1.29, 1.82) is 0 Å². The second kappa shape index (κ2) is 6.57. The number of aryl methyl sites for hydroxylation is 1. The Labute approximate surface area is 180 Å². The molecule has 4 aromatic carbocycles. The van der Waals surface area contributed by atoms with Crippen LogP contribution in [-0.4, -0.2) is 4.98 Å². The van der Waals surface area contributed by atoms with Gasteiger partial charge in [0.05, 0.1) is 7.06 Å². The standard InChI is InChI=1S/C28H19NO/c1-18-14-26(29-17-25(18)19-8-3-2-4-9-19)23-13-7-12-22-24-15-20-10-5-6-11-21(20)16-27(24)30-28(22)23/h2-17H,1H3/i1D3,17D. The lowest BCUT2D eigenvalue weighted by atomic mass is 9.99. The summed E-state index contributed by atoms with van der Waals surface area (Å²) in [6.45, 7) is -2.40. The summed E-state index contributed by atoms with van der Waals surface area (Å²) in [4.78, 5) is 4.53. The Kier molecular flexibility index (Phi) is 2.92. The zero-order valence-corrected chi connectivity index (χ0v) is 16.0. The van der Waals surface area contributed by atoms with Crippen molar-refractivity contribution in [3.8, 4) is 22.4 Å². The van der Waals surface area contributed by atoms with Crippen LogP contribution in [0.4, 0.5) is 0 Å². The van der Waals surface area contributed by atoms with Crippen LogP contribution in [0.3, 0.4) is 0 Å². The molecule has 0 aliphatic heterocycles. The highest BCUT2D eigenvalue weighted by molar-refractivity contribution is 6.13. The average Bonchev–Trinajstić information content (AvgIpc) is 3.19. The molecule has 6 aromatic rings.